The fourth-order valence-corrected chi connectivity index (χ4v) is 5.82. The Bertz CT molecular complexity index is 1660. The summed E-state index contributed by atoms with van der Waals surface area (Å²) in [6.45, 7) is 1.87. The maximum atomic E-state index is 14.4. The first kappa shape index (κ1) is 27.4. The maximum Gasteiger partial charge on any atom is 0.337 e. The van der Waals surface area contributed by atoms with Crippen LogP contribution >= 0.6 is 23.2 Å². The fraction of sp³-hybridized carbons (Fsp3) is 0.276. The molecule has 6 rings (SSSR count). The largest absolute Gasteiger partial charge is 0.489 e. The lowest BCUT2D eigenvalue weighted by molar-refractivity contribution is 0.00670. The number of aromatic carboxylic acids is 1. The van der Waals surface area contributed by atoms with Gasteiger partial charge in [-0.05, 0) is 55.7 Å². The van der Waals surface area contributed by atoms with Crippen molar-refractivity contribution in [2.24, 2.45) is 0 Å². The van der Waals surface area contributed by atoms with Gasteiger partial charge < -0.3 is 24.4 Å². The zero-order chi connectivity index (χ0) is 29.1. The molecule has 2 aromatic heterocycles. The molecule has 1 saturated heterocycles. The van der Waals surface area contributed by atoms with Gasteiger partial charge >= 0.3 is 5.97 Å². The lowest BCUT2D eigenvalue weighted by Gasteiger charge is -2.47. The molecule has 4 aromatic rings. The second-order valence-electron chi connectivity index (χ2n) is 10.4. The van der Waals surface area contributed by atoms with E-state index in [-0.39, 0.29) is 47.0 Å². The molecule has 1 aliphatic heterocycles. The molecule has 0 spiro atoms. The molecule has 3 heterocycles. The normalized spacial score (nSPS) is 16.0. The van der Waals surface area contributed by atoms with Crippen molar-refractivity contribution in [2.75, 3.05) is 18.0 Å². The molecular formula is C29H23Cl2F2N3O5. The molecule has 212 valence electrons. The van der Waals surface area contributed by atoms with Crippen LogP contribution in [0.25, 0.3) is 11.3 Å². The Hall–Kier alpha value is -3.73. The average Bonchev–Trinajstić information content (AvgIpc) is 3.65. The molecule has 2 aromatic carbocycles. The number of hydrogen-bond donors (Lipinski definition) is 2. The molecular weight excluding hydrogens is 579 g/mol. The number of pyridine rings is 1. The summed E-state index contributed by atoms with van der Waals surface area (Å²) in [5.74, 6) is -1.19. The van der Waals surface area contributed by atoms with Crippen molar-refractivity contribution in [3.05, 3.63) is 92.3 Å². The van der Waals surface area contributed by atoms with Gasteiger partial charge in [-0.1, -0.05) is 34.4 Å². The number of rotatable bonds is 8. The minimum absolute atomic E-state index is 0.00976. The summed E-state index contributed by atoms with van der Waals surface area (Å²) in [7, 11) is 0. The van der Waals surface area contributed by atoms with Gasteiger partial charge in [0.25, 0.3) is 0 Å². The molecule has 0 amide bonds. The van der Waals surface area contributed by atoms with E-state index < -0.39 is 23.2 Å². The van der Waals surface area contributed by atoms with Gasteiger partial charge in [-0.15, -0.1) is 0 Å². The van der Waals surface area contributed by atoms with Crippen molar-refractivity contribution in [1.82, 2.24) is 10.1 Å². The van der Waals surface area contributed by atoms with Crippen molar-refractivity contribution in [3.63, 3.8) is 0 Å². The molecule has 2 N–H and O–H groups in total. The number of anilines is 1. The smallest absolute Gasteiger partial charge is 0.337 e. The summed E-state index contributed by atoms with van der Waals surface area (Å²) in [5.41, 5.74) is 1.22. The summed E-state index contributed by atoms with van der Waals surface area (Å²) in [6, 6.07) is 8.41. The molecule has 0 unspecified atom stereocenters. The maximum absolute atomic E-state index is 14.4. The Balaban J connectivity index is 1.19. The lowest BCUT2D eigenvalue weighted by Crippen LogP contribution is -2.60. The van der Waals surface area contributed by atoms with E-state index in [0.717, 1.165) is 30.7 Å². The summed E-state index contributed by atoms with van der Waals surface area (Å²) >= 11 is 12.9. The predicted molar refractivity (Wildman–Crippen MR) is 147 cm³/mol. The van der Waals surface area contributed by atoms with E-state index in [9.17, 15) is 18.7 Å². The molecule has 2 aliphatic rings. The van der Waals surface area contributed by atoms with Crippen LogP contribution in [0.1, 0.15) is 51.6 Å². The number of aryl methyl sites for hydroxylation is 1. The van der Waals surface area contributed by atoms with Crippen LogP contribution in [-0.2, 0) is 12.2 Å². The molecule has 0 atom stereocenters. The number of carboxylic acid groups (broad SMARTS) is 1. The molecule has 41 heavy (non-hydrogen) atoms. The van der Waals surface area contributed by atoms with Crippen LogP contribution in [0, 0.1) is 18.6 Å². The number of nitrogens with zero attached hydrogens (tertiary/aromatic N) is 3. The van der Waals surface area contributed by atoms with Crippen molar-refractivity contribution in [3.8, 4) is 17.0 Å². The summed E-state index contributed by atoms with van der Waals surface area (Å²) in [5, 5.41) is 24.9. The van der Waals surface area contributed by atoms with E-state index in [4.69, 9.17) is 37.6 Å². The van der Waals surface area contributed by atoms with Crippen LogP contribution in [0.15, 0.2) is 47.1 Å². The third-order valence-corrected chi connectivity index (χ3v) is 7.96. The van der Waals surface area contributed by atoms with E-state index in [1.807, 2.05) is 0 Å². The van der Waals surface area contributed by atoms with E-state index in [2.05, 4.69) is 10.1 Å². The van der Waals surface area contributed by atoms with Gasteiger partial charge in [0.2, 0.25) is 0 Å². The highest BCUT2D eigenvalue weighted by molar-refractivity contribution is 6.33. The molecule has 2 fully saturated rings. The van der Waals surface area contributed by atoms with Crippen LogP contribution in [0.2, 0.25) is 10.0 Å². The zero-order valence-electron chi connectivity index (χ0n) is 21.6. The van der Waals surface area contributed by atoms with Crippen LogP contribution in [0.3, 0.4) is 0 Å². The number of benzene rings is 2. The van der Waals surface area contributed by atoms with Crippen LogP contribution < -0.4 is 9.64 Å². The summed E-state index contributed by atoms with van der Waals surface area (Å²) in [4.78, 5) is 16.4. The number of aliphatic hydroxyl groups is 1. The number of ether oxygens (including phenoxy) is 1. The zero-order valence-corrected chi connectivity index (χ0v) is 23.1. The molecule has 0 radical (unpaired) electrons. The molecule has 1 saturated carbocycles. The van der Waals surface area contributed by atoms with Crippen molar-refractivity contribution >= 4 is 35.0 Å². The Kier molecular flexibility index (Phi) is 6.88. The van der Waals surface area contributed by atoms with Gasteiger partial charge in [0.15, 0.2) is 11.6 Å². The highest BCUT2D eigenvalue weighted by Gasteiger charge is 2.45. The first-order valence-electron chi connectivity index (χ1n) is 12.8. The standard InChI is InChI=1S/C29H23Cl2F2N3O5/c1-14-6-17(32)8-22(31)24(14)25-19(26(41-35-25)15-2-3-15)11-40-18-4-5-20(21(30)9-18)29(39)12-36(13-29)27-23(33)7-16(10-34-27)28(37)38/h4-10,15,39H,2-3,11-13H2,1H3,(H,37,38). The van der Waals surface area contributed by atoms with Crippen LogP contribution in [0.5, 0.6) is 5.75 Å². The van der Waals surface area contributed by atoms with Gasteiger partial charge in [-0.2, -0.15) is 0 Å². The van der Waals surface area contributed by atoms with Crippen LogP contribution in [0.4, 0.5) is 14.6 Å². The van der Waals surface area contributed by atoms with E-state index in [1.165, 1.54) is 17.0 Å². The van der Waals surface area contributed by atoms with E-state index in [0.29, 0.717) is 33.9 Å². The van der Waals surface area contributed by atoms with Crippen LogP contribution in [-0.4, -0.2) is 39.4 Å². The fourth-order valence-electron chi connectivity index (χ4n) is 5.13. The third-order valence-electron chi connectivity index (χ3n) is 7.35. The van der Waals surface area contributed by atoms with Gasteiger partial charge in [0.1, 0.15) is 35.2 Å². The molecule has 1 aliphatic carbocycles. The summed E-state index contributed by atoms with van der Waals surface area (Å²) in [6.07, 6.45) is 3.01. The highest BCUT2D eigenvalue weighted by atomic mass is 35.5. The SMILES string of the molecule is Cc1cc(F)cc(Cl)c1-c1noc(C2CC2)c1COc1ccc(C2(O)CN(c3ncc(C(=O)O)cc3F)C2)c(Cl)c1. The van der Waals surface area contributed by atoms with Gasteiger partial charge in [0.05, 0.1) is 34.3 Å². The second-order valence-corrected chi connectivity index (χ2v) is 11.2. The number of aromatic nitrogens is 2. The topological polar surface area (TPSA) is 109 Å². The second kappa shape index (κ2) is 10.3. The first-order chi connectivity index (χ1) is 19.5. The quantitative estimate of drug-likeness (QED) is 0.236. The Morgan fingerprint density at radius 3 is 2.56 bits per heavy atom. The average molecular weight is 602 g/mol. The van der Waals surface area contributed by atoms with E-state index in [1.54, 1.807) is 25.1 Å². The Morgan fingerprint density at radius 1 is 1.17 bits per heavy atom. The van der Waals surface area contributed by atoms with Crippen molar-refractivity contribution in [2.45, 2.75) is 37.9 Å². The Labute approximate surface area is 243 Å². The monoisotopic (exact) mass is 601 g/mol. The summed E-state index contributed by atoms with van der Waals surface area (Å²) < 4.78 is 40.0. The molecule has 8 nitrogen and oxygen atoms in total. The highest BCUT2D eigenvalue weighted by Crippen LogP contribution is 2.46. The number of halogens is 4. The van der Waals surface area contributed by atoms with Gasteiger partial charge in [0, 0.05) is 23.2 Å². The van der Waals surface area contributed by atoms with Crippen molar-refractivity contribution < 1.29 is 33.0 Å². The van der Waals surface area contributed by atoms with Gasteiger partial charge in [-0.3, -0.25) is 0 Å². The van der Waals surface area contributed by atoms with E-state index >= 15 is 0 Å². The number of β-amino-alcohol motifs (C(OH)–C–C–N with tert-alkyl or cyclic N) is 1. The minimum Gasteiger partial charge on any atom is -0.489 e. The number of carboxylic acids is 1. The van der Waals surface area contributed by atoms with Gasteiger partial charge in [-0.25, -0.2) is 18.6 Å². The number of hydrogen-bond acceptors (Lipinski definition) is 7. The van der Waals surface area contributed by atoms with Crippen molar-refractivity contribution in [1.29, 1.82) is 0 Å². The Morgan fingerprint density at radius 2 is 1.93 bits per heavy atom. The minimum atomic E-state index is -1.37. The first-order valence-corrected chi connectivity index (χ1v) is 13.5. The predicted octanol–water partition coefficient (Wildman–Crippen LogP) is 6.49. The lowest BCUT2D eigenvalue weighted by atomic mass is 9.86. The molecule has 12 heteroatoms. The third kappa shape index (κ3) is 5.11. The molecule has 0 bridgehead atoms. The number of carbonyl (C=O) groups is 1.